The quantitative estimate of drug-likeness (QED) is 0.512. The SMILES string of the molecule is C[C@@H]1CN(C(=O)C(=Cc2ccccc2)CC#N)CC=C1c1cc(NC(=O)C2CC2)nc2[nH]ccc12. The first kappa shape index (κ1) is 22.6. The summed E-state index contributed by atoms with van der Waals surface area (Å²) in [6.07, 6.45) is 7.65. The van der Waals surface area contributed by atoms with Gasteiger partial charge in [0.1, 0.15) is 11.5 Å². The van der Waals surface area contributed by atoms with Crippen LogP contribution in [0.2, 0.25) is 0 Å². The Kier molecular flexibility index (Phi) is 6.19. The number of nitriles is 1. The summed E-state index contributed by atoms with van der Waals surface area (Å²) >= 11 is 0. The van der Waals surface area contributed by atoms with Crippen LogP contribution in [0.5, 0.6) is 0 Å². The summed E-state index contributed by atoms with van der Waals surface area (Å²) in [6, 6.07) is 15.6. The van der Waals surface area contributed by atoms with Gasteiger partial charge >= 0.3 is 0 Å². The molecule has 2 aliphatic rings. The summed E-state index contributed by atoms with van der Waals surface area (Å²) in [4.78, 5) is 35.2. The van der Waals surface area contributed by atoms with Crippen molar-refractivity contribution < 1.29 is 9.59 Å². The van der Waals surface area contributed by atoms with E-state index in [0.717, 1.165) is 40.6 Å². The second kappa shape index (κ2) is 9.59. The fourth-order valence-electron chi connectivity index (χ4n) is 4.60. The fraction of sp³-hybridized carbons (Fsp3) is 0.286. The van der Waals surface area contributed by atoms with Crippen LogP contribution in [0.3, 0.4) is 0 Å². The van der Waals surface area contributed by atoms with Gasteiger partial charge in [-0.1, -0.05) is 43.3 Å². The first-order chi connectivity index (χ1) is 17.0. The van der Waals surface area contributed by atoms with E-state index in [-0.39, 0.29) is 30.1 Å². The minimum atomic E-state index is -0.114. The molecular weight excluding hydrogens is 438 g/mol. The largest absolute Gasteiger partial charge is 0.346 e. The van der Waals surface area contributed by atoms with Gasteiger partial charge in [0.15, 0.2) is 0 Å². The van der Waals surface area contributed by atoms with Crippen molar-refractivity contribution in [2.75, 3.05) is 18.4 Å². The highest BCUT2D eigenvalue weighted by Gasteiger charge is 2.31. The number of pyridine rings is 1. The molecule has 0 spiro atoms. The van der Waals surface area contributed by atoms with Crippen LogP contribution in [0.4, 0.5) is 5.82 Å². The molecule has 1 aromatic carbocycles. The number of benzene rings is 1. The molecule has 7 nitrogen and oxygen atoms in total. The number of rotatable bonds is 6. The molecule has 2 aromatic heterocycles. The van der Waals surface area contributed by atoms with Crippen molar-refractivity contribution in [2.24, 2.45) is 11.8 Å². The number of fused-ring (bicyclic) bond motifs is 1. The molecular formula is C28H27N5O2. The molecule has 3 aromatic rings. The van der Waals surface area contributed by atoms with E-state index in [9.17, 15) is 14.9 Å². The van der Waals surface area contributed by atoms with Gasteiger partial charge in [-0.2, -0.15) is 5.26 Å². The standard InChI is InChI=1S/C28H27N5O2/c1-18-17-33(28(35)21(9-12-29)15-19-5-3-2-4-6-19)14-11-22(18)24-16-25(32-27(34)20-7-8-20)31-26-23(24)10-13-30-26/h2-6,10-11,13,15-16,18,20H,7-9,14,17H2,1H3,(H2,30,31,32,34)/t18-/m1/s1. The normalized spacial score (nSPS) is 18.2. The van der Waals surface area contributed by atoms with Gasteiger partial charge in [-0.25, -0.2) is 4.98 Å². The lowest BCUT2D eigenvalue weighted by atomic mass is 9.89. The number of H-pyrrole nitrogens is 1. The van der Waals surface area contributed by atoms with Gasteiger partial charge < -0.3 is 15.2 Å². The Morgan fingerprint density at radius 3 is 2.77 bits per heavy atom. The second-order valence-electron chi connectivity index (χ2n) is 9.24. The summed E-state index contributed by atoms with van der Waals surface area (Å²) in [5.74, 6) is 0.614. The van der Waals surface area contributed by atoms with Crippen LogP contribution in [0.25, 0.3) is 22.7 Å². The predicted octanol–water partition coefficient (Wildman–Crippen LogP) is 4.77. The topological polar surface area (TPSA) is 102 Å². The van der Waals surface area contributed by atoms with Crippen LogP contribution in [0, 0.1) is 23.2 Å². The number of aromatic nitrogens is 2. The third kappa shape index (κ3) is 4.87. The number of nitrogens with one attached hydrogen (secondary N) is 2. The van der Waals surface area contributed by atoms with E-state index in [2.05, 4.69) is 34.4 Å². The zero-order valence-corrected chi connectivity index (χ0v) is 19.6. The van der Waals surface area contributed by atoms with Crippen molar-refractivity contribution in [1.82, 2.24) is 14.9 Å². The van der Waals surface area contributed by atoms with E-state index < -0.39 is 0 Å². The van der Waals surface area contributed by atoms with Crippen LogP contribution in [0.15, 0.2) is 60.3 Å². The zero-order valence-electron chi connectivity index (χ0n) is 19.6. The zero-order chi connectivity index (χ0) is 24.4. The Labute approximate surface area is 204 Å². The Hall–Kier alpha value is -4.18. The maximum Gasteiger partial charge on any atom is 0.251 e. The molecule has 5 rings (SSSR count). The third-order valence-electron chi connectivity index (χ3n) is 6.57. The summed E-state index contributed by atoms with van der Waals surface area (Å²) < 4.78 is 0. The molecule has 2 N–H and O–H groups in total. The maximum absolute atomic E-state index is 13.3. The maximum atomic E-state index is 13.3. The minimum Gasteiger partial charge on any atom is -0.346 e. The van der Waals surface area contributed by atoms with Crippen molar-refractivity contribution in [3.63, 3.8) is 0 Å². The fourth-order valence-corrected chi connectivity index (χ4v) is 4.60. The smallest absolute Gasteiger partial charge is 0.251 e. The van der Waals surface area contributed by atoms with Gasteiger partial charge in [0.05, 0.1) is 12.5 Å². The highest BCUT2D eigenvalue weighted by molar-refractivity contribution is 6.00. The lowest BCUT2D eigenvalue weighted by Gasteiger charge is -2.32. The monoisotopic (exact) mass is 465 g/mol. The molecule has 1 aliphatic heterocycles. The molecule has 1 saturated carbocycles. The summed E-state index contributed by atoms with van der Waals surface area (Å²) in [5, 5.41) is 13.2. The Bertz CT molecular complexity index is 1380. The van der Waals surface area contributed by atoms with E-state index in [1.54, 1.807) is 11.0 Å². The van der Waals surface area contributed by atoms with Gasteiger partial charge in [0, 0.05) is 36.2 Å². The number of carbonyl (C=O) groups excluding carboxylic acids is 2. The average Bonchev–Trinajstić information content (AvgIpc) is 3.61. The number of nitrogens with zero attached hydrogens (tertiary/aromatic N) is 3. The molecule has 0 unspecified atom stereocenters. The lowest BCUT2D eigenvalue weighted by Crippen LogP contribution is -2.39. The molecule has 1 atom stereocenters. The van der Waals surface area contributed by atoms with Crippen LogP contribution in [-0.2, 0) is 9.59 Å². The molecule has 0 saturated heterocycles. The third-order valence-corrected chi connectivity index (χ3v) is 6.57. The number of anilines is 1. The molecule has 3 heterocycles. The van der Waals surface area contributed by atoms with Gasteiger partial charge in [0.25, 0.3) is 5.91 Å². The molecule has 2 amide bonds. The number of carbonyl (C=O) groups is 2. The van der Waals surface area contributed by atoms with E-state index in [4.69, 9.17) is 0 Å². The lowest BCUT2D eigenvalue weighted by molar-refractivity contribution is -0.127. The minimum absolute atomic E-state index is 0.0204. The second-order valence-corrected chi connectivity index (χ2v) is 9.24. The van der Waals surface area contributed by atoms with Crippen LogP contribution < -0.4 is 5.32 Å². The van der Waals surface area contributed by atoms with Gasteiger partial charge in [-0.3, -0.25) is 9.59 Å². The van der Waals surface area contributed by atoms with Gasteiger partial charge in [-0.15, -0.1) is 0 Å². The average molecular weight is 466 g/mol. The first-order valence-corrected chi connectivity index (χ1v) is 11.9. The molecule has 176 valence electrons. The van der Waals surface area contributed by atoms with Crippen LogP contribution >= 0.6 is 0 Å². The molecule has 0 radical (unpaired) electrons. The number of hydrogen-bond donors (Lipinski definition) is 2. The molecule has 1 fully saturated rings. The van der Waals surface area contributed by atoms with Crippen molar-refractivity contribution >= 4 is 40.3 Å². The highest BCUT2D eigenvalue weighted by atomic mass is 16.2. The van der Waals surface area contributed by atoms with Crippen molar-refractivity contribution in [2.45, 2.75) is 26.2 Å². The first-order valence-electron chi connectivity index (χ1n) is 11.9. The van der Waals surface area contributed by atoms with Gasteiger partial charge in [0.2, 0.25) is 5.91 Å². The summed E-state index contributed by atoms with van der Waals surface area (Å²) in [6.45, 7) is 3.09. The van der Waals surface area contributed by atoms with Crippen molar-refractivity contribution in [3.8, 4) is 6.07 Å². The molecule has 35 heavy (non-hydrogen) atoms. The summed E-state index contributed by atoms with van der Waals surface area (Å²) in [7, 11) is 0. The van der Waals surface area contributed by atoms with E-state index in [1.165, 1.54) is 0 Å². The predicted molar refractivity (Wildman–Crippen MR) is 136 cm³/mol. The van der Waals surface area contributed by atoms with Gasteiger partial charge in [-0.05, 0) is 53.7 Å². The van der Waals surface area contributed by atoms with E-state index in [0.29, 0.717) is 24.5 Å². The molecule has 7 heteroatoms. The van der Waals surface area contributed by atoms with Crippen LogP contribution in [0.1, 0.15) is 37.3 Å². The number of hydrogen-bond acceptors (Lipinski definition) is 4. The Morgan fingerprint density at radius 2 is 2.06 bits per heavy atom. The van der Waals surface area contributed by atoms with E-state index in [1.807, 2.05) is 48.7 Å². The van der Waals surface area contributed by atoms with E-state index >= 15 is 0 Å². The summed E-state index contributed by atoms with van der Waals surface area (Å²) in [5.41, 5.74) is 4.25. The Balaban J connectivity index is 1.41. The Morgan fingerprint density at radius 1 is 1.26 bits per heavy atom. The van der Waals surface area contributed by atoms with Crippen molar-refractivity contribution in [3.05, 3.63) is 71.4 Å². The molecule has 0 bridgehead atoms. The van der Waals surface area contributed by atoms with Crippen molar-refractivity contribution in [1.29, 1.82) is 5.26 Å². The highest BCUT2D eigenvalue weighted by Crippen LogP contribution is 2.35. The molecule has 1 aliphatic carbocycles. The number of aromatic amines is 1. The number of amides is 2. The van der Waals surface area contributed by atoms with Crippen LogP contribution in [-0.4, -0.2) is 39.8 Å².